The molecule has 1 fully saturated rings. The minimum atomic E-state index is -3.38. The maximum atomic E-state index is 13.7. The van der Waals surface area contributed by atoms with Gasteiger partial charge in [-0.1, -0.05) is 0 Å². The van der Waals surface area contributed by atoms with Gasteiger partial charge in [0.05, 0.1) is 5.75 Å². The van der Waals surface area contributed by atoms with E-state index in [0.29, 0.717) is 30.4 Å². The molecule has 0 heterocycles. The fraction of sp³-hybridized carbons (Fsp3) is 0.571. The summed E-state index contributed by atoms with van der Waals surface area (Å²) in [5.41, 5.74) is 0.893. The normalized spacial score (nSPS) is 22.6. The van der Waals surface area contributed by atoms with Gasteiger partial charge in [0.1, 0.15) is 11.6 Å². The molecular formula is C14H17F2NO2S. The second-order valence-electron chi connectivity index (χ2n) is 5.74. The molecule has 2 aliphatic rings. The fourth-order valence-corrected chi connectivity index (χ4v) is 4.55. The molecule has 6 heteroatoms. The highest BCUT2D eigenvalue weighted by atomic mass is 32.2. The number of hydrogen-bond acceptors (Lipinski definition) is 2. The summed E-state index contributed by atoms with van der Waals surface area (Å²) < 4.78 is 53.8. The Morgan fingerprint density at radius 3 is 2.65 bits per heavy atom. The lowest BCUT2D eigenvalue weighted by molar-refractivity contribution is 0.481. The van der Waals surface area contributed by atoms with Crippen molar-refractivity contribution in [3.8, 4) is 0 Å². The van der Waals surface area contributed by atoms with E-state index in [4.69, 9.17) is 0 Å². The molecular weight excluding hydrogens is 284 g/mol. The molecule has 2 aliphatic carbocycles. The Morgan fingerprint density at radius 1 is 1.20 bits per heavy atom. The Kier molecular flexibility index (Phi) is 3.54. The third kappa shape index (κ3) is 3.01. The lowest BCUT2D eigenvalue weighted by Crippen LogP contribution is -2.33. The molecule has 1 aromatic carbocycles. The molecule has 1 atom stereocenters. The standard InChI is InChI=1S/C14H17F2NO2S/c15-10-6-12-11(13(16)7-10)2-1-3-14(12)17-20(18,19)8-9-4-5-9/h6-7,9,14,17H,1-5,8H2/t14-/m0/s1. The van der Waals surface area contributed by atoms with E-state index in [0.717, 1.165) is 18.9 Å². The van der Waals surface area contributed by atoms with Gasteiger partial charge in [-0.2, -0.15) is 0 Å². The molecule has 0 amide bonds. The first kappa shape index (κ1) is 13.9. The second-order valence-corrected chi connectivity index (χ2v) is 7.54. The van der Waals surface area contributed by atoms with Crippen molar-refractivity contribution in [2.24, 2.45) is 5.92 Å². The van der Waals surface area contributed by atoms with Crippen molar-refractivity contribution in [1.82, 2.24) is 4.72 Å². The van der Waals surface area contributed by atoms with Crippen LogP contribution in [0.2, 0.25) is 0 Å². The second kappa shape index (κ2) is 5.07. The van der Waals surface area contributed by atoms with Gasteiger partial charge in [-0.3, -0.25) is 0 Å². The Bertz CT molecular complexity index is 626. The van der Waals surface area contributed by atoms with Gasteiger partial charge in [0.25, 0.3) is 0 Å². The Morgan fingerprint density at radius 2 is 1.95 bits per heavy atom. The Hall–Kier alpha value is -1.01. The molecule has 3 nitrogen and oxygen atoms in total. The number of nitrogens with one attached hydrogen (secondary N) is 1. The van der Waals surface area contributed by atoms with Crippen LogP contribution in [-0.2, 0) is 16.4 Å². The zero-order valence-corrected chi connectivity index (χ0v) is 11.8. The van der Waals surface area contributed by atoms with E-state index < -0.39 is 27.7 Å². The van der Waals surface area contributed by atoms with Crippen molar-refractivity contribution in [3.63, 3.8) is 0 Å². The van der Waals surface area contributed by atoms with E-state index >= 15 is 0 Å². The molecule has 0 aromatic heterocycles. The molecule has 0 bridgehead atoms. The average Bonchev–Trinajstić information content (AvgIpc) is 3.13. The van der Waals surface area contributed by atoms with E-state index in [2.05, 4.69) is 4.72 Å². The molecule has 0 aliphatic heterocycles. The first-order chi connectivity index (χ1) is 9.44. The van der Waals surface area contributed by atoms with Crippen LogP contribution in [0.15, 0.2) is 12.1 Å². The monoisotopic (exact) mass is 301 g/mol. The van der Waals surface area contributed by atoms with E-state index in [1.165, 1.54) is 6.07 Å². The summed E-state index contributed by atoms with van der Waals surface area (Å²) in [6.07, 6.45) is 3.71. The zero-order valence-electron chi connectivity index (χ0n) is 11.0. The molecule has 20 heavy (non-hydrogen) atoms. The van der Waals surface area contributed by atoms with Crippen molar-refractivity contribution in [2.45, 2.75) is 38.1 Å². The number of hydrogen-bond donors (Lipinski definition) is 1. The third-order valence-electron chi connectivity index (χ3n) is 3.96. The van der Waals surface area contributed by atoms with Crippen LogP contribution in [0, 0.1) is 17.6 Å². The van der Waals surface area contributed by atoms with Gasteiger partial charge < -0.3 is 0 Å². The van der Waals surface area contributed by atoms with E-state index in [-0.39, 0.29) is 11.7 Å². The van der Waals surface area contributed by atoms with E-state index in [9.17, 15) is 17.2 Å². The molecule has 0 saturated heterocycles. The first-order valence-corrected chi connectivity index (χ1v) is 8.57. The van der Waals surface area contributed by atoms with E-state index in [1.54, 1.807) is 0 Å². The predicted octanol–water partition coefficient (Wildman–Crippen LogP) is 2.67. The summed E-state index contributed by atoms with van der Waals surface area (Å²) in [5, 5.41) is 0. The van der Waals surface area contributed by atoms with Gasteiger partial charge in [0.15, 0.2) is 0 Å². The predicted molar refractivity (Wildman–Crippen MR) is 71.7 cm³/mol. The number of benzene rings is 1. The minimum Gasteiger partial charge on any atom is -0.212 e. The van der Waals surface area contributed by atoms with Crippen molar-refractivity contribution in [2.75, 3.05) is 5.75 Å². The van der Waals surface area contributed by atoms with Crippen molar-refractivity contribution < 1.29 is 17.2 Å². The van der Waals surface area contributed by atoms with Crippen LogP contribution in [0.4, 0.5) is 8.78 Å². The smallest absolute Gasteiger partial charge is 0.212 e. The topological polar surface area (TPSA) is 46.2 Å². The number of fused-ring (bicyclic) bond motifs is 1. The van der Waals surface area contributed by atoms with Crippen LogP contribution >= 0.6 is 0 Å². The highest BCUT2D eigenvalue weighted by Gasteiger charge is 2.31. The Labute approximate surface area is 117 Å². The van der Waals surface area contributed by atoms with Crippen molar-refractivity contribution >= 4 is 10.0 Å². The van der Waals surface area contributed by atoms with Crippen LogP contribution in [0.25, 0.3) is 0 Å². The van der Waals surface area contributed by atoms with Crippen LogP contribution in [-0.4, -0.2) is 14.2 Å². The molecule has 0 spiro atoms. The minimum absolute atomic E-state index is 0.122. The summed E-state index contributed by atoms with van der Waals surface area (Å²) in [5.74, 6) is -0.864. The number of rotatable bonds is 4. The maximum absolute atomic E-state index is 13.7. The van der Waals surface area contributed by atoms with Gasteiger partial charge in [-0.05, 0) is 55.2 Å². The number of halogens is 2. The van der Waals surface area contributed by atoms with Crippen molar-refractivity contribution in [1.29, 1.82) is 0 Å². The summed E-state index contributed by atoms with van der Waals surface area (Å²) in [6.45, 7) is 0. The lowest BCUT2D eigenvalue weighted by atomic mass is 9.88. The first-order valence-electron chi connectivity index (χ1n) is 6.92. The van der Waals surface area contributed by atoms with Crippen LogP contribution in [0.3, 0.4) is 0 Å². The molecule has 110 valence electrons. The molecule has 1 N–H and O–H groups in total. The summed E-state index contributed by atoms with van der Waals surface area (Å²) in [7, 11) is -3.38. The molecule has 0 radical (unpaired) electrons. The fourth-order valence-electron chi connectivity index (χ4n) is 2.82. The number of sulfonamides is 1. The maximum Gasteiger partial charge on any atom is 0.212 e. The van der Waals surface area contributed by atoms with Crippen molar-refractivity contribution in [3.05, 3.63) is 34.9 Å². The quantitative estimate of drug-likeness (QED) is 0.929. The molecule has 3 rings (SSSR count). The highest BCUT2D eigenvalue weighted by molar-refractivity contribution is 7.89. The Balaban J connectivity index is 1.86. The van der Waals surface area contributed by atoms with Crippen LogP contribution in [0.1, 0.15) is 42.9 Å². The van der Waals surface area contributed by atoms with Crippen LogP contribution in [0.5, 0.6) is 0 Å². The SMILES string of the molecule is O=S(=O)(CC1CC1)N[C@H]1CCCc2c(F)cc(F)cc21. The largest absolute Gasteiger partial charge is 0.212 e. The average molecular weight is 301 g/mol. The lowest BCUT2D eigenvalue weighted by Gasteiger charge is -2.26. The van der Waals surface area contributed by atoms with Crippen LogP contribution < -0.4 is 4.72 Å². The van der Waals surface area contributed by atoms with Gasteiger partial charge in [-0.25, -0.2) is 21.9 Å². The van der Waals surface area contributed by atoms with Gasteiger partial charge in [-0.15, -0.1) is 0 Å². The molecule has 1 aromatic rings. The third-order valence-corrected chi connectivity index (χ3v) is 5.52. The van der Waals surface area contributed by atoms with Gasteiger partial charge in [0.2, 0.25) is 10.0 Å². The summed E-state index contributed by atoms with van der Waals surface area (Å²) in [6, 6.07) is 1.61. The summed E-state index contributed by atoms with van der Waals surface area (Å²) >= 11 is 0. The molecule has 1 saturated carbocycles. The molecule has 0 unspecified atom stereocenters. The summed E-state index contributed by atoms with van der Waals surface area (Å²) in [4.78, 5) is 0. The van der Waals surface area contributed by atoms with Gasteiger partial charge >= 0.3 is 0 Å². The zero-order chi connectivity index (χ0) is 14.3. The van der Waals surface area contributed by atoms with Gasteiger partial charge in [0, 0.05) is 12.1 Å². The highest BCUT2D eigenvalue weighted by Crippen LogP contribution is 2.34. The van der Waals surface area contributed by atoms with E-state index in [1.807, 2.05) is 0 Å².